The lowest BCUT2D eigenvalue weighted by Crippen LogP contribution is -2.49. The Morgan fingerprint density at radius 1 is 1.43 bits per heavy atom. The minimum absolute atomic E-state index is 0.170. The first-order valence-corrected chi connectivity index (χ1v) is 6.92. The van der Waals surface area contributed by atoms with Crippen LogP contribution in [-0.2, 0) is 11.2 Å². The summed E-state index contributed by atoms with van der Waals surface area (Å²) in [6.45, 7) is 2.12. The normalized spacial score (nSPS) is 18.8. The maximum atomic E-state index is 12.4. The van der Waals surface area contributed by atoms with Gasteiger partial charge in [-0.05, 0) is 24.5 Å². The predicted octanol–water partition coefficient (Wildman–Crippen LogP) is 1.10. The number of aliphatic carboxylic acids is 1. The summed E-state index contributed by atoms with van der Waals surface area (Å²) in [5.41, 5.74) is 1.63. The van der Waals surface area contributed by atoms with E-state index in [0.717, 1.165) is 5.56 Å². The highest BCUT2D eigenvalue weighted by molar-refractivity contribution is 5.84. The Bertz CT molecular complexity index is 544. The SMILES string of the molecule is CC(O)CN(C)C(=O)N1CCc2ccccc2C1C(=O)O. The monoisotopic (exact) mass is 292 g/mol. The minimum atomic E-state index is -1.04. The van der Waals surface area contributed by atoms with E-state index >= 15 is 0 Å². The molecule has 21 heavy (non-hydrogen) atoms. The van der Waals surface area contributed by atoms with Gasteiger partial charge in [0, 0.05) is 20.1 Å². The van der Waals surface area contributed by atoms with Crippen LogP contribution in [0.3, 0.4) is 0 Å². The molecule has 1 aliphatic heterocycles. The number of aliphatic hydroxyl groups is 1. The maximum Gasteiger partial charge on any atom is 0.331 e. The average molecular weight is 292 g/mol. The number of hydrogen-bond donors (Lipinski definition) is 2. The summed E-state index contributed by atoms with van der Waals surface area (Å²) in [4.78, 5) is 26.8. The first-order valence-electron chi connectivity index (χ1n) is 6.92. The van der Waals surface area contributed by atoms with Gasteiger partial charge in [-0.2, -0.15) is 0 Å². The molecule has 6 heteroatoms. The fourth-order valence-electron chi connectivity index (χ4n) is 2.73. The number of urea groups is 1. The topological polar surface area (TPSA) is 81.1 Å². The number of carbonyl (C=O) groups is 2. The molecule has 2 atom stereocenters. The van der Waals surface area contributed by atoms with E-state index < -0.39 is 18.1 Å². The van der Waals surface area contributed by atoms with Crippen LogP contribution in [0.4, 0.5) is 4.79 Å². The van der Waals surface area contributed by atoms with E-state index in [1.807, 2.05) is 12.1 Å². The smallest absolute Gasteiger partial charge is 0.331 e. The Kier molecular flexibility index (Phi) is 4.47. The molecule has 1 aromatic rings. The van der Waals surface area contributed by atoms with Crippen molar-refractivity contribution in [3.63, 3.8) is 0 Å². The molecule has 2 rings (SSSR count). The number of fused-ring (bicyclic) bond motifs is 1. The van der Waals surface area contributed by atoms with E-state index in [9.17, 15) is 19.8 Å². The second kappa shape index (κ2) is 6.13. The molecule has 0 saturated carbocycles. The van der Waals surface area contributed by atoms with E-state index in [0.29, 0.717) is 18.5 Å². The Hall–Kier alpha value is -2.08. The molecule has 2 N–H and O–H groups in total. The van der Waals surface area contributed by atoms with Gasteiger partial charge >= 0.3 is 12.0 Å². The molecule has 0 aliphatic carbocycles. The van der Waals surface area contributed by atoms with Crippen LogP contribution in [0.2, 0.25) is 0 Å². The zero-order chi connectivity index (χ0) is 15.6. The molecule has 0 radical (unpaired) electrons. The highest BCUT2D eigenvalue weighted by Crippen LogP contribution is 2.30. The summed E-state index contributed by atoms with van der Waals surface area (Å²) in [5, 5.41) is 18.9. The van der Waals surface area contributed by atoms with Crippen LogP contribution in [0.1, 0.15) is 24.1 Å². The number of likely N-dealkylation sites (N-methyl/N-ethyl adjacent to an activating group) is 1. The molecule has 0 bridgehead atoms. The molecule has 114 valence electrons. The van der Waals surface area contributed by atoms with Crippen molar-refractivity contribution in [2.24, 2.45) is 0 Å². The molecular formula is C15H20N2O4. The van der Waals surface area contributed by atoms with E-state index in [1.54, 1.807) is 26.1 Å². The number of hydrogen-bond acceptors (Lipinski definition) is 3. The third kappa shape index (κ3) is 3.16. The van der Waals surface area contributed by atoms with Gasteiger partial charge in [0.2, 0.25) is 0 Å². The van der Waals surface area contributed by atoms with Crippen LogP contribution in [0.25, 0.3) is 0 Å². The molecule has 6 nitrogen and oxygen atoms in total. The Morgan fingerprint density at radius 2 is 2.10 bits per heavy atom. The molecule has 2 unspecified atom stereocenters. The van der Waals surface area contributed by atoms with E-state index in [2.05, 4.69) is 0 Å². The van der Waals surface area contributed by atoms with Gasteiger partial charge < -0.3 is 20.0 Å². The number of carboxylic acids is 1. The largest absolute Gasteiger partial charge is 0.479 e. The third-order valence-electron chi connectivity index (χ3n) is 3.63. The van der Waals surface area contributed by atoms with Crippen molar-refractivity contribution in [1.82, 2.24) is 9.80 Å². The van der Waals surface area contributed by atoms with Gasteiger partial charge in [-0.15, -0.1) is 0 Å². The van der Waals surface area contributed by atoms with Gasteiger partial charge in [0.05, 0.1) is 6.10 Å². The second-order valence-electron chi connectivity index (χ2n) is 5.40. The van der Waals surface area contributed by atoms with Crippen LogP contribution in [0, 0.1) is 0 Å². The van der Waals surface area contributed by atoms with Crippen molar-refractivity contribution in [3.05, 3.63) is 35.4 Å². The fraction of sp³-hybridized carbons (Fsp3) is 0.467. The Labute approximate surface area is 123 Å². The van der Waals surface area contributed by atoms with Crippen LogP contribution in [0.5, 0.6) is 0 Å². The molecule has 0 aromatic heterocycles. The lowest BCUT2D eigenvalue weighted by molar-refractivity contribution is -0.143. The van der Waals surface area contributed by atoms with Gasteiger partial charge in [-0.1, -0.05) is 24.3 Å². The summed E-state index contributed by atoms with van der Waals surface area (Å²) >= 11 is 0. The van der Waals surface area contributed by atoms with E-state index in [4.69, 9.17) is 0 Å². The quantitative estimate of drug-likeness (QED) is 0.874. The summed E-state index contributed by atoms with van der Waals surface area (Å²) in [6.07, 6.45) is -0.0203. The van der Waals surface area contributed by atoms with Crippen LogP contribution in [-0.4, -0.2) is 58.3 Å². The highest BCUT2D eigenvalue weighted by atomic mass is 16.4. The molecular weight excluding hydrogens is 272 g/mol. The highest BCUT2D eigenvalue weighted by Gasteiger charge is 2.37. The second-order valence-corrected chi connectivity index (χ2v) is 5.40. The third-order valence-corrected chi connectivity index (χ3v) is 3.63. The van der Waals surface area contributed by atoms with Crippen molar-refractivity contribution in [2.75, 3.05) is 20.1 Å². The summed E-state index contributed by atoms with van der Waals surface area (Å²) < 4.78 is 0. The lowest BCUT2D eigenvalue weighted by Gasteiger charge is -2.37. The van der Waals surface area contributed by atoms with Gasteiger partial charge in [0.25, 0.3) is 0 Å². The van der Waals surface area contributed by atoms with Crippen LogP contribution >= 0.6 is 0 Å². The molecule has 1 aliphatic rings. The van der Waals surface area contributed by atoms with Crippen molar-refractivity contribution >= 4 is 12.0 Å². The first kappa shape index (κ1) is 15.3. The number of carbonyl (C=O) groups excluding carboxylic acids is 1. The van der Waals surface area contributed by atoms with Crippen LogP contribution < -0.4 is 0 Å². The Balaban J connectivity index is 2.28. The summed E-state index contributed by atoms with van der Waals surface area (Å²) in [5.74, 6) is -1.04. The number of carboxylic acid groups (broad SMARTS) is 1. The standard InChI is InChI=1S/C15H20N2O4/c1-10(18)9-16(2)15(21)17-8-7-11-5-3-4-6-12(11)13(17)14(19)20/h3-6,10,13,18H,7-9H2,1-2H3,(H,19,20). The predicted molar refractivity (Wildman–Crippen MR) is 76.9 cm³/mol. The first-order chi connectivity index (χ1) is 9.91. The van der Waals surface area contributed by atoms with E-state index in [1.165, 1.54) is 9.80 Å². The van der Waals surface area contributed by atoms with E-state index in [-0.39, 0.29) is 12.6 Å². The molecule has 0 spiro atoms. The van der Waals surface area contributed by atoms with Gasteiger partial charge in [-0.25, -0.2) is 9.59 Å². The van der Waals surface area contributed by atoms with Crippen molar-refractivity contribution < 1.29 is 19.8 Å². The number of benzene rings is 1. The number of aliphatic hydroxyl groups excluding tert-OH is 1. The molecule has 1 heterocycles. The maximum absolute atomic E-state index is 12.4. The minimum Gasteiger partial charge on any atom is -0.479 e. The number of amides is 2. The molecule has 2 amide bonds. The molecule has 0 saturated heterocycles. The summed E-state index contributed by atoms with van der Waals surface area (Å²) in [7, 11) is 1.56. The van der Waals surface area contributed by atoms with Crippen molar-refractivity contribution in [2.45, 2.75) is 25.5 Å². The Morgan fingerprint density at radius 3 is 2.71 bits per heavy atom. The zero-order valence-corrected chi connectivity index (χ0v) is 12.2. The lowest BCUT2D eigenvalue weighted by atomic mass is 9.93. The average Bonchev–Trinajstić information content (AvgIpc) is 2.44. The van der Waals surface area contributed by atoms with Gasteiger partial charge in [0.1, 0.15) is 0 Å². The van der Waals surface area contributed by atoms with Crippen LogP contribution in [0.15, 0.2) is 24.3 Å². The summed E-state index contributed by atoms with van der Waals surface area (Å²) in [6, 6.07) is 5.95. The zero-order valence-electron chi connectivity index (χ0n) is 12.2. The number of nitrogens with zero attached hydrogens (tertiary/aromatic N) is 2. The van der Waals surface area contributed by atoms with Gasteiger partial charge in [-0.3, -0.25) is 0 Å². The van der Waals surface area contributed by atoms with Crippen molar-refractivity contribution in [3.8, 4) is 0 Å². The molecule has 0 fully saturated rings. The number of rotatable bonds is 3. The van der Waals surface area contributed by atoms with Crippen molar-refractivity contribution in [1.29, 1.82) is 0 Å². The fourth-order valence-corrected chi connectivity index (χ4v) is 2.73. The molecule has 1 aromatic carbocycles. The van der Waals surface area contributed by atoms with Gasteiger partial charge in [0.15, 0.2) is 6.04 Å².